The van der Waals surface area contributed by atoms with E-state index >= 15 is 0 Å². The van der Waals surface area contributed by atoms with Gasteiger partial charge in [-0.2, -0.15) is 0 Å². The van der Waals surface area contributed by atoms with E-state index < -0.39 is 11.9 Å². The van der Waals surface area contributed by atoms with Crippen LogP contribution in [0.5, 0.6) is 0 Å². The van der Waals surface area contributed by atoms with Gasteiger partial charge in [0.25, 0.3) is 11.8 Å². The molecule has 10 nitrogen and oxygen atoms in total. The van der Waals surface area contributed by atoms with E-state index in [0.717, 1.165) is 12.8 Å². The summed E-state index contributed by atoms with van der Waals surface area (Å²) >= 11 is 0. The average molecular weight is 418 g/mol. The Morgan fingerprint density at radius 3 is 2.33 bits per heavy atom. The molecule has 2 aliphatic heterocycles. The molecule has 162 valence electrons. The maximum Gasteiger partial charge on any atom is 0.325 e. The van der Waals surface area contributed by atoms with E-state index in [2.05, 4.69) is 15.4 Å². The summed E-state index contributed by atoms with van der Waals surface area (Å²) in [5.41, 5.74) is 0.903. The van der Waals surface area contributed by atoms with Crippen molar-refractivity contribution in [2.45, 2.75) is 18.9 Å². The van der Waals surface area contributed by atoms with Gasteiger partial charge in [0, 0.05) is 44.0 Å². The predicted octanol–water partition coefficient (Wildman–Crippen LogP) is 0.445. The summed E-state index contributed by atoms with van der Waals surface area (Å²) in [6.07, 6.45) is 1.33. The van der Waals surface area contributed by atoms with Crippen molar-refractivity contribution in [1.29, 1.82) is 0 Å². The number of carbonyl (C=O) groups is 4. The van der Waals surface area contributed by atoms with Crippen molar-refractivity contribution in [2.75, 3.05) is 51.8 Å². The Morgan fingerprint density at radius 1 is 1.07 bits per heavy atom. The van der Waals surface area contributed by atoms with Crippen LogP contribution in [-0.4, -0.2) is 86.2 Å². The van der Waals surface area contributed by atoms with Crippen molar-refractivity contribution < 1.29 is 28.7 Å². The Kier molecular flexibility index (Phi) is 7.23. The van der Waals surface area contributed by atoms with Crippen LogP contribution >= 0.6 is 0 Å². The fourth-order valence-corrected chi connectivity index (χ4v) is 3.34. The molecule has 1 unspecified atom stereocenters. The number of carbonyl (C=O) groups excluding carboxylic acids is 4. The lowest BCUT2D eigenvalue weighted by molar-refractivity contribution is -0.142. The molecular formula is C20H26N4O6. The molecule has 1 aromatic rings. The third-order valence-electron chi connectivity index (χ3n) is 5.10. The molecule has 10 heteroatoms. The fraction of sp³-hybridized carbons (Fsp3) is 0.500. The van der Waals surface area contributed by atoms with Gasteiger partial charge >= 0.3 is 12.0 Å². The van der Waals surface area contributed by atoms with Crippen LogP contribution in [-0.2, 0) is 19.1 Å². The van der Waals surface area contributed by atoms with E-state index in [1.807, 2.05) is 0 Å². The molecule has 2 fully saturated rings. The summed E-state index contributed by atoms with van der Waals surface area (Å²) in [5.74, 6) is -0.941. The second-order valence-electron chi connectivity index (χ2n) is 7.08. The Hall–Kier alpha value is -3.14. The van der Waals surface area contributed by atoms with Crippen molar-refractivity contribution in [3.05, 3.63) is 29.8 Å². The number of amides is 4. The summed E-state index contributed by atoms with van der Waals surface area (Å²) in [7, 11) is 1.24. The van der Waals surface area contributed by atoms with E-state index in [4.69, 9.17) is 4.74 Å². The van der Waals surface area contributed by atoms with Crippen LogP contribution in [0.3, 0.4) is 0 Å². The molecule has 0 aromatic heterocycles. The van der Waals surface area contributed by atoms with E-state index in [1.165, 1.54) is 7.11 Å². The molecule has 0 aliphatic carbocycles. The zero-order valence-electron chi connectivity index (χ0n) is 16.9. The maximum absolute atomic E-state index is 12.5. The van der Waals surface area contributed by atoms with Gasteiger partial charge in [-0.1, -0.05) is 0 Å². The molecule has 2 saturated heterocycles. The first kappa shape index (κ1) is 21.6. The largest absolute Gasteiger partial charge is 0.468 e. The molecule has 0 bridgehead atoms. The topological polar surface area (TPSA) is 117 Å². The number of nitrogens with one attached hydrogen (secondary N) is 2. The lowest BCUT2D eigenvalue weighted by Crippen LogP contribution is -2.53. The Morgan fingerprint density at radius 2 is 1.73 bits per heavy atom. The highest BCUT2D eigenvalue weighted by atomic mass is 16.5. The molecule has 1 aromatic carbocycles. The molecule has 3 rings (SSSR count). The molecular weight excluding hydrogens is 392 g/mol. The van der Waals surface area contributed by atoms with Gasteiger partial charge in [0.1, 0.15) is 12.6 Å². The van der Waals surface area contributed by atoms with Crippen molar-refractivity contribution in [3.63, 3.8) is 0 Å². The molecule has 30 heavy (non-hydrogen) atoms. The first-order valence-electron chi connectivity index (χ1n) is 9.89. The van der Waals surface area contributed by atoms with Crippen LogP contribution in [0.1, 0.15) is 23.2 Å². The van der Waals surface area contributed by atoms with Crippen LogP contribution in [0.25, 0.3) is 0 Å². The molecule has 0 saturated carbocycles. The molecule has 2 heterocycles. The fourth-order valence-electron chi connectivity index (χ4n) is 3.34. The maximum atomic E-state index is 12.5. The minimum atomic E-state index is -0.537. The lowest BCUT2D eigenvalue weighted by atomic mass is 10.2. The number of methoxy groups -OCH3 is 1. The van der Waals surface area contributed by atoms with Gasteiger partial charge in [-0.05, 0) is 37.1 Å². The Bertz CT molecular complexity index is 783. The highest BCUT2D eigenvalue weighted by Crippen LogP contribution is 2.17. The molecule has 4 amide bonds. The van der Waals surface area contributed by atoms with Gasteiger partial charge in [-0.15, -0.1) is 0 Å². The van der Waals surface area contributed by atoms with E-state index in [-0.39, 0.29) is 24.6 Å². The molecule has 0 spiro atoms. The van der Waals surface area contributed by atoms with Gasteiger partial charge in [0.2, 0.25) is 0 Å². The quantitative estimate of drug-likeness (QED) is 0.671. The summed E-state index contributed by atoms with van der Waals surface area (Å²) in [5, 5.41) is 5.23. The van der Waals surface area contributed by atoms with Crippen molar-refractivity contribution in [1.82, 2.24) is 15.1 Å². The first-order valence-corrected chi connectivity index (χ1v) is 9.89. The number of esters is 1. The number of rotatable bonds is 5. The van der Waals surface area contributed by atoms with Crippen LogP contribution in [0.15, 0.2) is 24.3 Å². The molecule has 0 radical (unpaired) electrons. The van der Waals surface area contributed by atoms with Crippen molar-refractivity contribution in [3.8, 4) is 0 Å². The van der Waals surface area contributed by atoms with Gasteiger partial charge in [-0.25, -0.2) is 4.79 Å². The minimum Gasteiger partial charge on any atom is -0.468 e. The number of hydrogen-bond acceptors (Lipinski definition) is 6. The highest BCUT2D eigenvalue weighted by molar-refractivity contribution is 5.97. The second kappa shape index (κ2) is 10.1. The van der Waals surface area contributed by atoms with Crippen LogP contribution < -0.4 is 10.6 Å². The van der Waals surface area contributed by atoms with E-state index in [1.54, 1.807) is 34.1 Å². The van der Waals surface area contributed by atoms with Crippen molar-refractivity contribution >= 4 is 29.5 Å². The number of urea groups is 1. The lowest BCUT2D eigenvalue weighted by Gasteiger charge is -2.35. The van der Waals surface area contributed by atoms with Gasteiger partial charge in [-0.3, -0.25) is 14.4 Å². The number of ether oxygens (including phenoxy) is 2. The Balaban J connectivity index is 1.45. The summed E-state index contributed by atoms with van der Waals surface area (Å²) in [4.78, 5) is 51.3. The number of nitrogens with zero attached hydrogens (tertiary/aromatic N) is 2. The minimum absolute atomic E-state index is 0.00798. The third-order valence-corrected chi connectivity index (χ3v) is 5.10. The van der Waals surface area contributed by atoms with Crippen molar-refractivity contribution in [2.24, 2.45) is 0 Å². The first-order chi connectivity index (χ1) is 14.5. The Labute approximate surface area is 174 Å². The molecule has 2 aliphatic rings. The number of hydrogen-bond donors (Lipinski definition) is 2. The van der Waals surface area contributed by atoms with E-state index in [9.17, 15) is 19.2 Å². The number of anilines is 1. The summed E-state index contributed by atoms with van der Waals surface area (Å²) in [6, 6.07) is 6.08. The second-order valence-corrected chi connectivity index (χ2v) is 7.08. The van der Waals surface area contributed by atoms with Gasteiger partial charge in [0.15, 0.2) is 0 Å². The van der Waals surface area contributed by atoms with Crippen LogP contribution in [0.4, 0.5) is 10.5 Å². The summed E-state index contributed by atoms with van der Waals surface area (Å²) in [6.45, 7) is 2.26. The molecule has 2 N–H and O–H groups in total. The SMILES string of the molecule is COC(=O)CNC(=O)c1ccc(NC(=O)N2CCN(C(=O)C3CCCO3)CC2)cc1. The number of benzene rings is 1. The van der Waals surface area contributed by atoms with Crippen LogP contribution in [0.2, 0.25) is 0 Å². The van der Waals surface area contributed by atoms with Crippen LogP contribution in [0, 0.1) is 0 Å². The third kappa shape index (κ3) is 5.47. The standard InChI is InChI=1S/C20H26N4O6/c1-29-17(25)13-21-18(26)14-4-6-15(7-5-14)22-20(28)24-10-8-23(9-11-24)19(27)16-3-2-12-30-16/h4-7,16H,2-3,8-13H2,1H3,(H,21,26)(H,22,28). The van der Waals surface area contributed by atoms with Gasteiger partial charge in [0.05, 0.1) is 7.11 Å². The smallest absolute Gasteiger partial charge is 0.325 e. The normalized spacial score (nSPS) is 18.6. The monoisotopic (exact) mass is 418 g/mol. The zero-order chi connectivity index (χ0) is 21.5. The average Bonchev–Trinajstić information content (AvgIpc) is 3.32. The summed E-state index contributed by atoms with van der Waals surface area (Å²) < 4.78 is 9.91. The zero-order valence-corrected chi connectivity index (χ0v) is 16.9. The predicted molar refractivity (Wildman–Crippen MR) is 107 cm³/mol. The highest BCUT2D eigenvalue weighted by Gasteiger charge is 2.31. The molecule has 1 atom stereocenters. The van der Waals surface area contributed by atoms with Gasteiger partial charge < -0.3 is 29.9 Å². The number of piperazine rings is 1. The van der Waals surface area contributed by atoms with E-state index in [0.29, 0.717) is 44.0 Å².